The van der Waals surface area contributed by atoms with Crippen LogP contribution in [0.4, 0.5) is 34.1 Å². The van der Waals surface area contributed by atoms with E-state index < -0.39 is 0 Å². The van der Waals surface area contributed by atoms with E-state index in [0.717, 1.165) is 56.1 Å². The summed E-state index contributed by atoms with van der Waals surface area (Å²) in [6.07, 6.45) is 0. The number of anilines is 6. The van der Waals surface area contributed by atoms with Gasteiger partial charge >= 0.3 is 0 Å². The van der Waals surface area contributed by atoms with Gasteiger partial charge in [0.2, 0.25) is 0 Å². The molecular weight excluding hydrogens is 693 g/mol. The molecule has 0 bridgehead atoms. The summed E-state index contributed by atoms with van der Waals surface area (Å²) in [6.45, 7) is 9.68. The van der Waals surface area contributed by atoms with Gasteiger partial charge in [-0.2, -0.15) is 0 Å². The zero-order chi connectivity index (χ0) is 38.5. The number of benzene rings is 8. The van der Waals surface area contributed by atoms with Crippen LogP contribution in [0.25, 0.3) is 44.2 Å². The minimum atomic E-state index is -0.320. The van der Waals surface area contributed by atoms with E-state index in [0.29, 0.717) is 0 Å². The maximum absolute atomic E-state index is 7.04. The maximum atomic E-state index is 7.04. The fourth-order valence-electron chi connectivity index (χ4n) is 10.0. The Hall–Kier alpha value is -6.84. The van der Waals surface area contributed by atoms with Crippen molar-refractivity contribution in [2.45, 2.75) is 38.5 Å². The van der Waals surface area contributed by atoms with Crippen molar-refractivity contribution in [2.24, 2.45) is 0 Å². The van der Waals surface area contributed by atoms with E-state index in [4.69, 9.17) is 4.42 Å². The second-order valence-electron chi connectivity index (χ2n) is 16.5. The molecule has 0 atom stereocenters. The van der Waals surface area contributed by atoms with E-state index in [-0.39, 0.29) is 10.8 Å². The zero-order valence-electron chi connectivity index (χ0n) is 32.6. The molecule has 274 valence electrons. The minimum Gasteiger partial charge on any atom is -0.455 e. The van der Waals surface area contributed by atoms with Crippen molar-refractivity contribution in [3.63, 3.8) is 0 Å². The van der Waals surface area contributed by atoms with E-state index in [1.807, 2.05) is 0 Å². The zero-order valence-corrected chi connectivity index (χ0v) is 32.6. The quantitative estimate of drug-likeness (QED) is 0.170. The summed E-state index contributed by atoms with van der Waals surface area (Å²) in [4.78, 5) is 4.77. The van der Waals surface area contributed by atoms with Crippen LogP contribution in [-0.2, 0) is 10.8 Å². The number of nitrogens with zero attached hydrogens (tertiary/aromatic N) is 2. The van der Waals surface area contributed by atoms with Crippen LogP contribution >= 0.6 is 0 Å². The van der Waals surface area contributed by atoms with Crippen molar-refractivity contribution >= 4 is 56.1 Å². The number of para-hydroxylation sites is 5. The summed E-state index contributed by atoms with van der Waals surface area (Å²) >= 11 is 0. The number of rotatable bonds is 6. The summed E-state index contributed by atoms with van der Waals surface area (Å²) in [5, 5.41) is 2.26. The van der Waals surface area contributed by atoms with Gasteiger partial charge in [0.1, 0.15) is 11.2 Å². The molecule has 0 aliphatic heterocycles. The fourth-order valence-corrected chi connectivity index (χ4v) is 10.0. The van der Waals surface area contributed by atoms with E-state index in [9.17, 15) is 0 Å². The number of fused-ring (bicyclic) bond motifs is 11. The number of hydrogen-bond donors (Lipinski definition) is 0. The second-order valence-corrected chi connectivity index (χ2v) is 16.5. The number of hydrogen-bond acceptors (Lipinski definition) is 3. The van der Waals surface area contributed by atoms with Crippen molar-refractivity contribution in [3.8, 4) is 22.3 Å². The molecule has 57 heavy (non-hydrogen) atoms. The first-order chi connectivity index (χ1) is 27.8. The van der Waals surface area contributed by atoms with Gasteiger partial charge in [-0.05, 0) is 112 Å². The van der Waals surface area contributed by atoms with E-state index in [1.54, 1.807) is 0 Å². The SMILES string of the molecule is CC1(C)c2cc(N(c3ccccc3)c3ccccc3)ccc2-c2ccc3c(c21)C(C)(C)c1cc(N(c2ccccc2)c2ccccc2)c2c(oc4ccccc42)c1-3. The van der Waals surface area contributed by atoms with Crippen LogP contribution in [-0.4, -0.2) is 0 Å². The summed E-state index contributed by atoms with van der Waals surface area (Å²) in [5.74, 6) is 0. The van der Waals surface area contributed by atoms with E-state index in [1.165, 1.54) is 44.5 Å². The lowest BCUT2D eigenvalue weighted by atomic mass is 9.72. The molecule has 11 rings (SSSR count). The Morgan fingerprint density at radius 3 is 1.47 bits per heavy atom. The highest BCUT2D eigenvalue weighted by molar-refractivity contribution is 6.19. The smallest absolute Gasteiger partial charge is 0.145 e. The summed E-state index contributed by atoms with van der Waals surface area (Å²) in [6, 6.07) is 65.7. The molecule has 8 aromatic carbocycles. The van der Waals surface area contributed by atoms with Gasteiger partial charge in [0.15, 0.2) is 0 Å². The van der Waals surface area contributed by atoms with E-state index >= 15 is 0 Å². The standard InChI is InChI=1S/C54H42N2O/c1-53(2)44-33-39(55(35-19-9-5-10-20-35)36-21-11-6-12-22-36)29-30-40(44)41-31-32-43-48-45(54(3,4)51(43)50(41)53)34-46(49-42-27-17-18-28-47(42)57-52(48)49)56(37-23-13-7-14-24-37)38-25-15-8-16-26-38/h5-34H,1-4H3. The molecule has 0 unspecified atom stereocenters. The van der Waals surface area contributed by atoms with Gasteiger partial charge in [-0.1, -0.05) is 137 Å². The summed E-state index contributed by atoms with van der Waals surface area (Å²) in [5.41, 5.74) is 18.6. The van der Waals surface area contributed by atoms with Gasteiger partial charge < -0.3 is 14.2 Å². The minimum absolute atomic E-state index is 0.264. The van der Waals surface area contributed by atoms with Crippen LogP contribution < -0.4 is 9.80 Å². The molecule has 0 spiro atoms. The average molecular weight is 735 g/mol. The van der Waals surface area contributed by atoms with Gasteiger partial charge in [0, 0.05) is 50.2 Å². The summed E-state index contributed by atoms with van der Waals surface area (Å²) < 4.78 is 7.04. The van der Waals surface area contributed by atoms with Crippen LogP contribution in [0.3, 0.4) is 0 Å². The first kappa shape index (κ1) is 33.5. The second kappa shape index (κ2) is 12.3. The Bertz CT molecular complexity index is 2920. The molecule has 2 aliphatic carbocycles. The topological polar surface area (TPSA) is 19.6 Å². The lowest BCUT2D eigenvalue weighted by molar-refractivity contribution is 0.601. The first-order valence-electron chi connectivity index (χ1n) is 19.9. The first-order valence-corrected chi connectivity index (χ1v) is 19.9. The lowest BCUT2D eigenvalue weighted by Crippen LogP contribution is -2.24. The third-order valence-electron chi connectivity index (χ3n) is 12.6. The Morgan fingerprint density at radius 1 is 0.404 bits per heavy atom. The molecule has 1 aromatic heterocycles. The maximum Gasteiger partial charge on any atom is 0.145 e. The van der Waals surface area contributed by atoms with Crippen molar-refractivity contribution in [1.29, 1.82) is 0 Å². The number of furan rings is 1. The van der Waals surface area contributed by atoms with Crippen molar-refractivity contribution in [3.05, 3.63) is 204 Å². The molecule has 2 aliphatic rings. The van der Waals surface area contributed by atoms with Gasteiger partial charge in [0.05, 0.1) is 11.1 Å². The molecule has 0 amide bonds. The van der Waals surface area contributed by atoms with Crippen molar-refractivity contribution in [2.75, 3.05) is 9.80 Å². The molecule has 3 nitrogen and oxygen atoms in total. The Kier molecular flexibility index (Phi) is 7.25. The normalized spacial score (nSPS) is 14.2. The third-order valence-corrected chi connectivity index (χ3v) is 12.6. The summed E-state index contributed by atoms with van der Waals surface area (Å²) in [7, 11) is 0. The predicted octanol–water partition coefficient (Wildman–Crippen LogP) is 15.1. The van der Waals surface area contributed by atoms with Gasteiger partial charge in [-0.25, -0.2) is 0 Å². The molecule has 0 saturated carbocycles. The largest absolute Gasteiger partial charge is 0.455 e. The predicted molar refractivity (Wildman–Crippen MR) is 238 cm³/mol. The molecular formula is C54H42N2O. The van der Waals surface area contributed by atoms with Gasteiger partial charge in [0.25, 0.3) is 0 Å². The van der Waals surface area contributed by atoms with Crippen molar-refractivity contribution in [1.82, 2.24) is 0 Å². The van der Waals surface area contributed by atoms with Crippen LogP contribution in [0.2, 0.25) is 0 Å². The highest BCUT2D eigenvalue weighted by atomic mass is 16.3. The highest BCUT2D eigenvalue weighted by Gasteiger charge is 2.47. The lowest BCUT2D eigenvalue weighted by Gasteiger charge is -2.32. The van der Waals surface area contributed by atoms with Crippen molar-refractivity contribution < 1.29 is 4.42 Å². The highest BCUT2D eigenvalue weighted by Crippen LogP contribution is 2.62. The van der Waals surface area contributed by atoms with Crippen LogP contribution in [0.1, 0.15) is 49.9 Å². The Labute approximate surface area is 334 Å². The molecule has 0 saturated heterocycles. The molecule has 0 radical (unpaired) electrons. The molecule has 0 N–H and O–H groups in total. The van der Waals surface area contributed by atoms with Gasteiger partial charge in [-0.15, -0.1) is 0 Å². The Morgan fingerprint density at radius 2 is 0.877 bits per heavy atom. The van der Waals surface area contributed by atoms with Gasteiger partial charge in [-0.3, -0.25) is 0 Å². The monoisotopic (exact) mass is 734 g/mol. The molecule has 0 fully saturated rings. The fraction of sp³-hybridized carbons (Fsp3) is 0.111. The molecule has 9 aromatic rings. The molecule has 1 heterocycles. The average Bonchev–Trinajstić information content (AvgIpc) is 3.82. The van der Waals surface area contributed by atoms with E-state index in [2.05, 4.69) is 219 Å². The van der Waals surface area contributed by atoms with Crippen LogP contribution in [0.15, 0.2) is 186 Å². The van der Waals surface area contributed by atoms with Crippen LogP contribution in [0, 0.1) is 0 Å². The van der Waals surface area contributed by atoms with Crippen LogP contribution in [0.5, 0.6) is 0 Å². The molecule has 3 heteroatoms. The third kappa shape index (κ3) is 4.85. The Balaban J connectivity index is 1.14.